The molecule has 0 bridgehead atoms. The largest absolute Gasteiger partial charge is 0.390 e. The zero-order valence-electron chi connectivity index (χ0n) is 12.5. The van der Waals surface area contributed by atoms with Crippen LogP contribution >= 0.6 is 0 Å². The second kappa shape index (κ2) is 4.99. The lowest BCUT2D eigenvalue weighted by Crippen LogP contribution is -2.54. The number of unbranched alkanes of at least 4 members (excludes halogenated alkanes) is 1. The fourth-order valence-corrected chi connectivity index (χ4v) is 2.83. The first-order chi connectivity index (χ1) is 9.93. The molecule has 0 spiro atoms. The van der Waals surface area contributed by atoms with Crippen LogP contribution in [0.3, 0.4) is 0 Å². The predicted molar refractivity (Wildman–Crippen MR) is 76.7 cm³/mol. The number of rotatable bonds is 5. The van der Waals surface area contributed by atoms with Gasteiger partial charge in [0.2, 0.25) is 6.35 Å². The van der Waals surface area contributed by atoms with Gasteiger partial charge in [0.1, 0.15) is 0 Å². The smallest absolute Gasteiger partial charge is 0.277 e. The molecule has 1 amide bonds. The van der Waals surface area contributed by atoms with Gasteiger partial charge < -0.3 is 19.7 Å². The summed E-state index contributed by atoms with van der Waals surface area (Å²) in [6.07, 6.45) is 4.78. The van der Waals surface area contributed by atoms with Crippen LogP contribution in [0.5, 0.6) is 0 Å². The molecule has 1 unspecified atom stereocenters. The van der Waals surface area contributed by atoms with E-state index in [1.807, 2.05) is 0 Å². The first kappa shape index (κ1) is 14.3. The number of fused-ring (bicyclic) bond motifs is 1. The number of nitrogens with zero attached hydrogens (tertiary/aromatic N) is 4. The zero-order chi connectivity index (χ0) is 15.2. The summed E-state index contributed by atoms with van der Waals surface area (Å²) in [5.41, 5.74) is 0.0555. The third-order valence-electron chi connectivity index (χ3n) is 4.46. The molecule has 1 aromatic rings. The molecule has 0 saturated heterocycles. The molecule has 1 saturated carbocycles. The number of carbonyl (C=O) groups excluding carboxylic acids is 1. The average molecular weight is 294 g/mol. The van der Waals surface area contributed by atoms with Crippen LogP contribution in [0.4, 0.5) is 5.82 Å². The van der Waals surface area contributed by atoms with Crippen LogP contribution in [-0.4, -0.2) is 56.1 Å². The summed E-state index contributed by atoms with van der Waals surface area (Å²) in [4.78, 5) is 19.7. The Labute approximate surface area is 123 Å². The van der Waals surface area contributed by atoms with Crippen molar-refractivity contribution in [2.45, 2.75) is 44.1 Å². The molecule has 1 fully saturated rings. The number of imidazole rings is 1. The molecule has 2 heterocycles. The van der Waals surface area contributed by atoms with E-state index in [1.165, 1.54) is 4.90 Å². The molecule has 1 aromatic heterocycles. The number of hydrogen-bond acceptors (Lipinski definition) is 5. The van der Waals surface area contributed by atoms with Crippen LogP contribution in [0.25, 0.3) is 0 Å². The number of aromatic nitrogens is 2. The van der Waals surface area contributed by atoms with Crippen LogP contribution in [-0.2, 0) is 7.05 Å². The lowest BCUT2D eigenvalue weighted by molar-refractivity contribution is 0.00211. The summed E-state index contributed by atoms with van der Waals surface area (Å²) in [6.45, 7) is 0.477. The van der Waals surface area contributed by atoms with Crippen molar-refractivity contribution in [1.29, 1.82) is 0 Å². The van der Waals surface area contributed by atoms with Crippen molar-refractivity contribution in [2.75, 3.05) is 18.5 Å². The summed E-state index contributed by atoms with van der Waals surface area (Å²) >= 11 is 0. The Morgan fingerprint density at radius 1 is 1.38 bits per heavy atom. The molecule has 0 aromatic carbocycles. The Hall–Kier alpha value is -1.60. The molecule has 7 heteroatoms. The molecule has 3 rings (SSSR count). The molecular formula is C14H22N4O3. The molecule has 2 aliphatic rings. The summed E-state index contributed by atoms with van der Waals surface area (Å²) in [5, 5.41) is 20.1. The topological polar surface area (TPSA) is 81.8 Å². The van der Waals surface area contributed by atoms with Crippen molar-refractivity contribution in [1.82, 2.24) is 14.5 Å². The Balaban J connectivity index is 1.65. The van der Waals surface area contributed by atoms with Crippen LogP contribution < -0.4 is 4.90 Å². The third kappa shape index (κ3) is 2.51. The second-order valence-corrected chi connectivity index (χ2v) is 6.16. The molecule has 1 atom stereocenters. The first-order valence-corrected chi connectivity index (χ1v) is 7.38. The molecule has 0 radical (unpaired) electrons. The second-order valence-electron chi connectivity index (χ2n) is 6.16. The van der Waals surface area contributed by atoms with Gasteiger partial charge in [0, 0.05) is 20.6 Å². The van der Waals surface area contributed by atoms with Gasteiger partial charge in [-0.05, 0) is 32.1 Å². The monoisotopic (exact) mass is 294 g/mol. The third-order valence-corrected chi connectivity index (χ3v) is 4.46. The molecule has 1 aliphatic heterocycles. The highest BCUT2D eigenvalue weighted by molar-refractivity contribution is 5.99. The van der Waals surface area contributed by atoms with E-state index in [2.05, 4.69) is 4.98 Å². The van der Waals surface area contributed by atoms with Gasteiger partial charge in [0.15, 0.2) is 11.5 Å². The molecule has 7 nitrogen and oxygen atoms in total. The Morgan fingerprint density at radius 2 is 2.10 bits per heavy atom. The van der Waals surface area contributed by atoms with E-state index in [4.69, 9.17) is 0 Å². The quantitative estimate of drug-likeness (QED) is 0.763. The van der Waals surface area contributed by atoms with Gasteiger partial charge in [-0.3, -0.25) is 9.69 Å². The number of hydrogen-bond donors (Lipinski definition) is 2. The van der Waals surface area contributed by atoms with E-state index in [0.717, 1.165) is 32.1 Å². The minimum Gasteiger partial charge on any atom is -0.390 e. The standard InChI is InChI=1S/C14H22N4O3/c1-16-9-15-11-10(16)12(19)18(13(20)17(11)2)8-4-3-5-14(21)6-7-14/h9,13,20-21H,3-8H2,1-2H3. The average Bonchev–Trinajstić information content (AvgIpc) is 3.05. The SMILES string of the molecule is CN1c2ncn(C)c2C(=O)N(CCCCC2(O)CC2)C1O. The number of carbonyl (C=O) groups is 1. The Kier molecular flexibility index (Phi) is 3.41. The van der Waals surface area contributed by atoms with Crippen LogP contribution in [0.1, 0.15) is 42.6 Å². The van der Waals surface area contributed by atoms with E-state index in [1.54, 1.807) is 29.9 Å². The van der Waals surface area contributed by atoms with Crippen LogP contribution in [0.15, 0.2) is 6.33 Å². The number of aliphatic hydroxyl groups excluding tert-OH is 1. The maximum absolute atomic E-state index is 12.5. The number of amides is 1. The summed E-state index contributed by atoms with van der Waals surface area (Å²) in [5.74, 6) is 0.319. The summed E-state index contributed by atoms with van der Waals surface area (Å²) < 4.78 is 1.68. The normalized spacial score (nSPS) is 23.4. The lowest BCUT2D eigenvalue weighted by atomic mass is 10.1. The van der Waals surface area contributed by atoms with Gasteiger partial charge >= 0.3 is 0 Å². The van der Waals surface area contributed by atoms with Crippen molar-refractivity contribution in [2.24, 2.45) is 7.05 Å². The van der Waals surface area contributed by atoms with E-state index >= 15 is 0 Å². The Bertz CT molecular complexity index is 552. The zero-order valence-corrected chi connectivity index (χ0v) is 12.5. The molecule has 1 aliphatic carbocycles. The minimum absolute atomic E-state index is 0.194. The number of aliphatic hydroxyl groups is 2. The highest BCUT2D eigenvalue weighted by Gasteiger charge is 2.40. The van der Waals surface area contributed by atoms with Crippen molar-refractivity contribution in [3.63, 3.8) is 0 Å². The summed E-state index contributed by atoms with van der Waals surface area (Å²) in [6, 6.07) is 0. The lowest BCUT2D eigenvalue weighted by Gasteiger charge is -2.38. The fraction of sp³-hybridized carbons (Fsp3) is 0.714. The predicted octanol–water partition coefficient (Wildman–Crippen LogP) is 0.283. The van der Waals surface area contributed by atoms with Crippen molar-refractivity contribution in [3.05, 3.63) is 12.0 Å². The fourth-order valence-electron chi connectivity index (χ4n) is 2.83. The van der Waals surface area contributed by atoms with Gasteiger partial charge in [-0.25, -0.2) is 4.98 Å². The van der Waals surface area contributed by atoms with E-state index in [-0.39, 0.29) is 5.91 Å². The van der Waals surface area contributed by atoms with E-state index in [0.29, 0.717) is 18.1 Å². The van der Waals surface area contributed by atoms with Gasteiger partial charge in [-0.15, -0.1) is 0 Å². The molecule has 21 heavy (non-hydrogen) atoms. The van der Waals surface area contributed by atoms with Crippen molar-refractivity contribution < 1.29 is 15.0 Å². The number of anilines is 1. The maximum Gasteiger partial charge on any atom is 0.277 e. The van der Waals surface area contributed by atoms with Gasteiger partial charge in [-0.1, -0.05) is 0 Å². The first-order valence-electron chi connectivity index (χ1n) is 7.38. The van der Waals surface area contributed by atoms with E-state index in [9.17, 15) is 15.0 Å². The van der Waals surface area contributed by atoms with E-state index < -0.39 is 12.0 Å². The maximum atomic E-state index is 12.5. The van der Waals surface area contributed by atoms with Gasteiger partial charge in [0.25, 0.3) is 5.91 Å². The molecule has 2 N–H and O–H groups in total. The Morgan fingerprint density at radius 3 is 2.76 bits per heavy atom. The van der Waals surface area contributed by atoms with Crippen molar-refractivity contribution in [3.8, 4) is 0 Å². The highest BCUT2D eigenvalue weighted by Crippen LogP contribution is 2.39. The summed E-state index contributed by atoms with van der Waals surface area (Å²) in [7, 11) is 3.50. The van der Waals surface area contributed by atoms with Crippen molar-refractivity contribution >= 4 is 11.7 Å². The van der Waals surface area contributed by atoms with Crippen LogP contribution in [0.2, 0.25) is 0 Å². The van der Waals surface area contributed by atoms with Gasteiger partial charge in [0.05, 0.1) is 11.9 Å². The minimum atomic E-state index is -0.982. The highest BCUT2D eigenvalue weighted by atomic mass is 16.3. The van der Waals surface area contributed by atoms with Crippen LogP contribution in [0, 0.1) is 0 Å². The number of aryl methyl sites for hydroxylation is 1. The van der Waals surface area contributed by atoms with Gasteiger partial charge in [-0.2, -0.15) is 0 Å². The molecule has 116 valence electrons. The molecular weight excluding hydrogens is 272 g/mol.